The van der Waals surface area contributed by atoms with Crippen molar-refractivity contribution in [3.05, 3.63) is 77.9 Å². The molecule has 0 radical (unpaired) electrons. The second-order valence-electron chi connectivity index (χ2n) is 5.73. The number of halogens is 1. The minimum absolute atomic E-state index is 0.153. The number of nitrogens with one attached hydrogen (secondary N) is 2. The smallest absolute Gasteiger partial charge is 0.270 e. The van der Waals surface area contributed by atoms with Crippen LogP contribution in [0.2, 0.25) is 0 Å². The van der Waals surface area contributed by atoms with Crippen molar-refractivity contribution in [1.82, 2.24) is 15.3 Å². The van der Waals surface area contributed by atoms with Crippen molar-refractivity contribution in [2.45, 2.75) is 6.42 Å². The number of amides is 1. The average molecular weight is 366 g/mol. The minimum Gasteiger partial charge on any atom is -0.497 e. The lowest BCUT2D eigenvalue weighted by Crippen LogP contribution is -2.26. The van der Waals surface area contributed by atoms with Crippen LogP contribution in [0.5, 0.6) is 5.75 Å². The van der Waals surface area contributed by atoms with Crippen LogP contribution in [0.3, 0.4) is 0 Å². The van der Waals surface area contributed by atoms with Gasteiger partial charge in [0.2, 0.25) is 5.95 Å². The topological polar surface area (TPSA) is 76.1 Å². The maximum absolute atomic E-state index is 13.7. The molecule has 6 nitrogen and oxygen atoms in total. The van der Waals surface area contributed by atoms with E-state index in [1.165, 1.54) is 18.3 Å². The lowest BCUT2D eigenvalue weighted by atomic mass is 10.1. The predicted octanol–water partition coefficient (Wildman–Crippen LogP) is 3.34. The first-order valence-corrected chi connectivity index (χ1v) is 8.41. The summed E-state index contributed by atoms with van der Waals surface area (Å²) in [7, 11) is 1.61. The maximum Gasteiger partial charge on any atom is 0.270 e. The lowest BCUT2D eigenvalue weighted by molar-refractivity contribution is 0.0949. The fourth-order valence-corrected chi connectivity index (χ4v) is 2.47. The zero-order chi connectivity index (χ0) is 19.1. The first-order chi connectivity index (χ1) is 13.2. The van der Waals surface area contributed by atoms with Crippen LogP contribution in [0.1, 0.15) is 16.1 Å². The highest BCUT2D eigenvalue weighted by molar-refractivity contribution is 5.92. The van der Waals surface area contributed by atoms with Crippen LogP contribution in [-0.2, 0) is 6.42 Å². The standard InChI is InChI=1S/C20H19FN4O2/c1-27-15-6-4-5-14(13-15)9-11-22-19(26)18-10-12-23-20(25-18)24-17-8-3-2-7-16(17)21/h2-8,10,12-13H,9,11H2,1H3,(H,22,26)(H,23,24,25). The number of benzene rings is 2. The van der Waals surface area contributed by atoms with Crippen LogP contribution in [0.25, 0.3) is 0 Å². The molecular weight excluding hydrogens is 347 g/mol. The van der Waals surface area contributed by atoms with E-state index in [0.717, 1.165) is 11.3 Å². The largest absolute Gasteiger partial charge is 0.497 e. The molecule has 0 saturated heterocycles. The van der Waals surface area contributed by atoms with Crippen LogP contribution in [0.15, 0.2) is 60.8 Å². The summed E-state index contributed by atoms with van der Waals surface area (Å²) < 4.78 is 18.9. The number of hydrogen-bond donors (Lipinski definition) is 2. The molecule has 0 bridgehead atoms. The first-order valence-electron chi connectivity index (χ1n) is 8.41. The van der Waals surface area contributed by atoms with Crippen molar-refractivity contribution in [3.8, 4) is 5.75 Å². The van der Waals surface area contributed by atoms with Gasteiger partial charge in [-0.3, -0.25) is 4.79 Å². The number of ether oxygens (including phenoxy) is 1. The Balaban J connectivity index is 1.59. The summed E-state index contributed by atoms with van der Waals surface area (Å²) in [4.78, 5) is 20.5. The molecule has 2 aromatic carbocycles. The van der Waals surface area contributed by atoms with Crippen molar-refractivity contribution in [3.63, 3.8) is 0 Å². The summed E-state index contributed by atoms with van der Waals surface area (Å²) in [5.41, 5.74) is 1.50. The van der Waals surface area contributed by atoms with Crippen molar-refractivity contribution < 1.29 is 13.9 Å². The number of aromatic nitrogens is 2. The molecule has 0 atom stereocenters. The molecule has 7 heteroatoms. The summed E-state index contributed by atoms with van der Waals surface area (Å²) >= 11 is 0. The van der Waals surface area contributed by atoms with Gasteiger partial charge in [0.15, 0.2) is 0 Å². The molecule has 2 N–H and O–H groups in total. The van der Waals surface area contributed by atoms with Crippen molar-refractivity contribution in [2.75, 3.05) is 19.0 Å². The monoisotopic (exact) mass is 366 g/mol. The third-order valence-electron chi connectivity index (χ3n) is 3.84. The molecule has 0 aliphatic carbocycles. The lowest BCUT2D eigenvalue weighted by Gasteiger charge is -2.08. The van der Waals surface area contributed by atoms with E-state index in [0.29, 0.717) is 13.0 Å². The maximum atomic E-state index is 13.7. The van der Waals surface area contributed by atoms with Crippen LogP contribution in [0.4, 0.5) is 16.0 Å². The highest BCUT2D eigenvalue weighted by atomic mass is 19.1. The molecule has 0 aliphatic rings. The van der Waals surface area contributed by atoms with Gasteiger partial charge in [-0.25, -0.2) is 14.4 Å². The van der Waals surface area contributed by atoms with Gasteiger partial charge in [0, 0.05) is 12.7 Å². The molecule has 138 valence electrons. The SMILES string of the molecule is COc1cccc(CCNC(=O)c2ccnc(Nc3ccccc3F)n2)c1. The highest BCUT2D eigenvalue weighted by Crippen LogP contribution is 2.16. The Bertz CT molecular complexity index is 933. The average Bonchev–Trinajstić information content (AvgIpc) is 2.70. The predicted molar refractivity (Wildman–Crippen MR) is 101 cm³/mol. The van der Waals surface area contributed by atoms with Gasteiger partial charge in [-0.05, 0) is 42.3 Å². The number of para-hydroxylation sites is 1. The van der Waals surface area contributed by atoms with Crippen molar-refractivity contribution in [1.29, 1.82) is 0 Å². The molecule has 1 heterocycles. The van der Waals surface area contributed by atoms with Gasteiger partial charge in [-0.15, -0.1) is 0 Å². The summed E-state index contributed by atoms with van der Waals surface area (Å²) in [5.74, 6) is 0.185. The second kappa shape index (κ2) is 8.75. The van der Waals surface area contributed by atoms with Gasteiger partial charge < -0.3 is 15.4 Å². The van der Waals surface area contributed by atoms with Gasteiger partial charge in [0.05, 0.1) is 12.8 Å². The summed E-state index contributed by atoms with van der Waals surface area (Å²) in [5, 5.41) is 5.59. The van der Waals surface area contributed by atoms with E-state index in [1.54, 1.807) is 25.3 Å². The molecule has 0 spiro atoms. The Labute approximate surface area is 156 Å². The van der Waals surface area contributed by atoms with E-state index < -0.39 is 5.82 Å². The van der Waals surface area contributed by atoms with E-state index in [1.807, 2.05) is 24.3 Å². The van der Waals surface area contributed by atoms with Crippen LogP contribution >= 0.6 is 0 Å². The van der Waals surface area contributed by atoms with E-state index in [4.69, 9.17) is 4.74 Å². The summed E-state index contributed by atoms with van der Waals surface area (Å²) in [6, 6.07) is 15.4. The Morgan fingerprint density at radius 3 is 2.81 bits per heavy atom. The Morgan fingerprint density at radius 2 is 2.00 bits per heavy atom. The van der Waals surface area contributed by atoms with E-state index in [2.05, 4.69) is 20.6 Å². The number of carbonyl (C=O) groups excluding carboxylic acids is 1. The third-order valence-corrected chi connectivity index (χ3v) is 3.84. The number of rotatable bonds is 7. The zero-order valence-corrected chi connectivity index (χ0v) is 14.8. The molecule has 0 unspecified atom stereocenters. The quantitative estimate of drug-likeness (QED) is 0.671. The molecule has 3 aromatic rings. The molecule has 0 fully saturated rings. The van der Waals surface area contributed by atoms with Crippen molar-refractivity contribution >= 4 is 17.5 Å². The van der Waals surface area contributed by atoms with E-state index in [-0.39, 0.29) is 23.2 Å². The van der Waals surface area contributed by atoms with Crippen LogP contribution in [0, 0.1) is 5.82 Å². The van der Waals surface area contributed by atoms with Gasteiger partial charge in [-0.2, -0.15) is 0 Å². The minimum atomic E-state index is -0.422. The first kappa shape index (κ1) is 18.3. The normalized spacial score (nSPS) is 10.3. The Morgan fingerprint density at radius 1 is 1.15 bits per heavy atom. The van der Waals surface area contributed by atoms with E-state index >= 15 is 0 Å². The third kappa shape index (κ3) is 5.01. The van der Waals surface area contributed by atoms with Gasteiger partial charge in [-0.1, -0.05) is 24.3 Å². The summed E-state index contributed by atoms with van der Waals surface area (Å²) in [6.07, 6.45) is 2.11. The van der Waals surface area contributed by atoms with Gasteiger partial charge in [0.25, 0.3) is 5.91 Å². The van der Waals surface area contributed by atoms with Gasteiger partial charge in [0.1, 0.15) is 17.3 Å². The number of carbonyl (C=O) groups is 1. The number of methoxy groups -OCH3 is 1. The molecule has 3 rings (SSSR count). The van der Waals surface area contributed by atoms with Crippen molar-refractivity contribution in [2.24, 2.45) is 0 Å². The molecular formula is C20H19FN4O2. The van der Waals surface area contributed by atoms with E-state index in [9.17, 15) is 9.18 Å². The van der Waals surface area contributed by atoms with Crippen LogP contribution in [-0.4, -0.2) is 29.5 Å². The van der Waals surface area contributed by atoms with Gasteiger partial charge >= 0.3 is 0 Å². The number of anilines is 2. The Kier molecular flexibility index (Phi) is 5.94. The molecule has 0 aliphatic heterocycles. The van der Waals surface area contributed by atoms with Crippen LogP contribution < -0.4 is 15.4 Å². The number of nitrogens with zero attached hydrogens (tertiary/aromatic N) is 2. The molecule has 1 amide bonds. The Hall–Kier alpha value is -3.48. The second-order valence-corrected chi connectivity index (χ2v) is 5.73. The summed E-state index contributed by atoms with van der Waals surface area (Å²) in [6.45, 7) is 0.450. The fraction of sp³-hybridized carbons (Fsp3) is 0.150. The zero-order valence-electron chi connectivity index (χ0n) is 14.8. The highest BCUT2D eigenvalue weighted by Gasteiger charge is 2.10. The molecule has 27 heavy (non-hydrogen) atoms. The number of hydrogen-bond acceptors (Lipinski definition) is 5. The fourth-order valence-electron chi connectivity index (χ4n) is 2.47. The molecule has 0 saturated carbocycles. The molecule has 1 aromatic heterocycles.